The lowest BCUT2D eigenvalue weighted by molar-refractivity contribution is -0.0419. The van der Waals surface area contributed by atoms with E-state index in [1.165, 1.54) is 0 Å². The number of nitrogens with zero attached hydrogens (tertiary/aromatic N) is 4. The van der Waals surface area contributed by atoms with Crippen LogP contribution in [0.5, 0.6) is 0 Å². The molecule has 7 nitrogen and oxygen atoms in total. The Kier molecular flexibility index (Phi) is 5.16. The van der Waals surface area contributed by atoms with E-state index >= 15 is 0 Å². The largest absolute Gasteiger partial charge is 0.364 e. The molecule has 0 saturated heterocycles. The SMILES string of the molecule is Cc1cccnc1-n1nc(C2CC2)c(-c2cccnc2)c1Nc1ccc(C2CC2)cc1C(O)O. The Balaban J connectivity index is 1.55. The van der Waals surface area contributed by atoms with Crippen LogP contribution in [0.15, 0.2) is 61.1 Å². The summed E-state index contributed by atoms with van der Waals surface area (Å²) in [4.78, 5) is 8.98. The van der Waals surface area contributed by atoms with Gasteiger partial charge in [0.15, 0.2) is 12.1 Å². The zero-order valence-electron chi connectivity index (χ0n) is 19.0. The Bertz CT molecular complexity index is 1340. The number of pyridine rings is 2. The number of rotatable bonds is 7. The molecule has 0 amide bonds. The molecular formula is C27H27N5O2. The second-order valence-electron chi connectivity index (χ2n) is 9.30. The first-order valence-electron chi connectivity index (χ1n) is 11.8. The molecule has 34 heavy (non-hydrogen) atoms. The molecule has 4 aromatic rings. The van der Waals surface area contributed by atoms with Crippen LogP contribution in [0.3, 0.4) is 0 Å². The van der Waals surface area contributed by atoms with E-state index in [-0.39, 0.29) is 0 Å². The quantitative estimate of drug-likeness (QED) is 0.336. The predicted octanol–water partition coefficient (Wildman–Crippen LogP) is 5.12. The minimum Gasteiger partial charge on any atom is -0.364 e. The monoisotopic (exact) mass is 453 g/mol. The van der Waals surface area contributed by atoms with Gasteiger partial charge in [0.1, 0.15) is 5.82 Å². The fourth-order valence-electron chi connectivity index (χ4n) is 4.55. The number of aryl methyl sites for hydroxylation is 1. The second-order valence-corrected chi connectivity index (χ2v) is 9.30. The van der Waals surface area contributed by atoms with Crippen LogP contribution in [0.25, 0.3) is 16.9 Å². The van der Waals surface area contributed by atoms with Crippen LogP contribution in [0, 0.1) is 6.92 Å². The van der Waals surface area contributed by atoms with Gasteiger partial charge in [-0.15, -0.1) is 0 Å². The fourth-order valence-corrected chi connectivity index (χ4v) is 4.55. The van der Waals surface area contributed by atoms with E-state index in [0.29, 0.717) is 23.1 Å². The van der Waals surface area contributed by atoms with Crippen LogP contribution in [0.2, 0.25) is 0 Å². The third-order valence-electron chi connectivity index (χ3n) is 6.66. The Morgan fingerprint density at radius 1 is 1.00 bits per heavy atom. The van der Waals surface area contributed by atoms with Gasteiger partial charge in [-0.25, -0.2) is 4.98 Å². The molecule has 2 aliphatic rings. The molecule has 2 saturated carbocycles. The smallest absolute Gasteiger partial charge is 0.180 e. The van der Waals surface area contributed by atoms with E-state index in [4.69, 9.17) is 5.10 Å². The summed E-state index contributed by atoms with van der Waals surface area (Å²) >= 11 is 0. The summed E-state index contributed by atoms with van der Waals surface area (Å²) in [6, 6.07) is 13.8. The highest BCUT2D eigenvalue weighted by molar-refractivity contribution is 5.83. The molecule has 0 radical (unpaired) electrons. The number of aliphatic hydroxyl groups is 2. The highest BCUT2D eigenvalue weighted by atomic mass is 16.5. The van der Waals surface area contributed by atoms with Gasteiger partial charge in [0.05, 0.1) is 5.69 Å². The Morgan fingerprint density at radius 3 is 2.47 bits per heavy atom. The summed E-state index contributed by atoms with van der Waals surface area (Å²) in [5.74, 6) is 2.39. The topological polar surface area (TPSA) is 96.1 Å². The van der Waals surface area contributed by atoms with Gasteiger partial charge in [0.2, 0.25) is 0 Å². The molecule has 3 aromatic heterocycles. The number of aromatic nitrogens is 4. The third-order valence-corrected chi connectivity index (χ3v) is 6.66. The zero-order chi connectivity index (χ0) is 23.2. The van der Waals surface area contributed by atoms with Crippen molar-refractivity contribution in [1.29, 1.82) is 0 Å². The lowest BCUT2D eigenvalue weighted by Crippen LogP contribution is -2.09. The molecule has 0 bridgehead atoms. The summed E-state index contributed by atoms with van der Waals surface area (Å²) in [7, 11) is 0. The van der Waals surface area contributed by atoms with Gasteiger partial charge in [-0.05, 0) is 73.9 Å². The first-order valence-corrected chi connectivity index (χ1v) is 11.8. The summed E-state index contributed by atoms with van der Waals surface area (Å²) in [6.45, 7) is 2.02. The Hall–Kier alpha value is -3.55. The van der Waals surface area contributed by atoms with Crippen molar-refractivity contribution in [2.45, 2.75) is 50.7 Å². The molecule has 7 heteroatoms. The number of hydrogen-bond donors (Lipinski definition) is 3. The van der Waals surface area contributed by atoms with E-state index in [2.05, 4.69) is 21.4 Å². The van der Waals surface area contributed by atoms with Gasteiger partial charge in [0.25, 0.3) is 0 Å². The van der Waals surface area contributed by atoms with Gasteiger partial charge < -0.3 is 15.5 Å². The number of nitrogens with one attached hydrogen (secondary N) is 1. The van der Waals surface area contributed by atoms with Crippen molar-refractivity contribution in [1.82, 2.24) is 19.7 Å². The molecule has 2 aliphatic carbocycles. The maximum absolute atomic E-state index is 10.2. The first-order chi connectivity index (χ1) is 16.6. The van der Waals surface area contributed by atoms with Gasteiger partial charge in [0, 0.05) is 46.9 Å². The van der Waals surface area contributed by atoms with Crippen molar-refractivity contribution >= 4 is 11.5 Å². The molecule has 172 valence electrons. The zero-order valence-corrected chi connectivity index (χ0v) is 19.0. The van der Waals surface area contributed by atoms with Crippen molar-refractivity contribution in [3.8, 4) is 16.9 Å². The highest BCUT2D eigenvalue weighted by Gasteiger charge is 2.34. The lowest BCUT2D eigenvalue weighted by atomic mass is 10.0. The highest BCUT2D eigenvalue weighted by Crippen LogP contribution is 2.48. The van der Waals surface area contributed by atoms with Gasteiger partial charge in [-0.3, -0.25) is 4.98 Å². The van der Waals surface area contributed by atoms with Crippen LogP contribution in [-0.4, -0.2) is 30.0 Å². The number of aliphatic hydroxyl groups excluding tert-OH is 1. The summed E-state index contributed by atoms with van der Waals surface area (Å²) in [5.41, 5.74) is 6.20. The summed E-state index contributed by atoms with van der Waals surface area (Å²) in [6.07, 6.45) is 8.29. The molecule has 0 unspecified atom stereocenters. The van der Waals surface area contributed by atoms with Crippen molar-refractivity contribution in [3.63, 3.8) is 0 Å². The van der Waals surface area contributed by atoms with Crippen LogP contribution < -0.4 is 5.32 Å². The lowest BCUT2D eigenvalue weighted by Gasteiger charge is -2.18. The first kappa shape index (κ1) is 21.0. The van der Waals surface area contributed by atoms with Gasteiger partial charge in [-0.1, -0.05) is 18.2 Å². The minimum absolute atomic E-state index is 0.390. The molecule has 6 rings (SSSR count). The predicted molar refractivity (Wildman–Crippen MR) is 130 cm³/mol. The molecule has 0 spiro atoms. The molecule has 2 fully saturated rings. The van der Waals surface area contributed by atoms with E-state index in [9.17, 15) is 10.2 Å². The van der Waals surface area contributed by atoms with Crippen molar-refractivity contribution in [2.75, 3.05) is 5.32 Å². The maximum Gasteiger partial charge on any atom is 0.180 e. The number of hydrogen-bond acceptors (Lipinski definition) is 6. The van der Waals surface area contributed by atoms with E-state index in [1.54, 1.807) is 12.4 Å². The van der Waals surface area contributed by atoms with E-state index in [1.807, 2.05) is 54.2 Å². The number of benzene rings is 1. The standard InChI is InChI=1S/C27H27N5O2/c1-16-4-2-13-29-25(16)32-26(23(20-5-3-12-28-15-20)24(31-32)18-8-9-18)30-22-11-10-19(17-6-7-17)14-21(22)27(33)34/h2-5,10-15,17-18,27,30,33-34H,6-9H2,1H3. The fraction of sp³-hybridized carbons (Fsp3) is 0.296. The maximum atomic E-state index is 10.2. The van der Waals surface area contributed by atoms with Crippen LogP contribution in [0.4, 0.5) is 11.5 Å². The van der Waals surface area contributed by atoms with Crippen LogP contribution >= 0.6 is 0 Å². The van der Waals surface area contributed by atoms with E-state index < -0.39 is 6.29 Å². The molecule has 3 heterocycles. The number of anilines is 2. The molecule has 3 N–H and O–H groups in total. The third kappa shape index (κ3) is 3.87. The average Bonchev–Trinajstić information content (AvgIpc) is 3.78. The Labute approximate surface area is 198 Å². The minimum atomic E-state index is -1.58. The second kappa shape index (κ2) is 8.34. The van der Waals surface area contributed by atoms with Gasteiger partial charge >= 0.3 is 0 Å². The van der Waals surface area contributed by atoms with Gasteiger partial charge in [-0.2, -0.15) is 9.78 Å². The van der Waals surface area contributed by atoms with E-state index in [0.717, 1.165) is 65.3 Å². The average molecular weight is 454 g/mol. The van der Waals surface area contributed by atoms with Crippen LogP contribution in [-0.2, 0) is 0 Å². The normalized spacial score (nSPS) is 15.6. The molecule has 0 aliphatic heterocycles. The Morgan fingerprint density at radius 2 is 1.79 bits per heavy atom. The molecule has 1 aromatic carbocycles. The summed E-state index contributed by atoms with van der Waals surface area (Å²) in [5, 5.41) is 29.0. The van der Waals surface area contributed by atoms with Crippen molar-refractivity contribution in [3.05, 3.63) is 83.4 Å². The molecule has 0 atom stereocenters. The summed E-state index contributed by atoms with van der Waals surface area (Å²) < 4.78 is 1.85. The molecular weight excluding hydrogens is 426 g/mol. The van der Waals surface area contributed by atoms with Crippen molar-refractivity contribution < 1.29 is 10.2 Å². The van der Waals surface area contributed by atoms with Crippen LogP contribution in [0.1, 0.15) is 66.2 Å². The van der Waals surface area contributed by atoms with Crippen molar-refractivity contribution in [2.24, 2.45) is 0 Å².